The molecular formula is C12H20N4O. The van der Waals surface area contributed by atoms with Crippen LogP contribution in [0.25, 0.3) is 0 Å². The van der Waals surface area contributed by atoms with Gasteiger partial charge in [-0.2, -0.15) is 0 Å². The third-order valence-corrected chi connectivity index (χ3v) is 3.44. The van der Waals surface area contributed by atoms with Crippen LogP contribution in [0.4, 0.5) is 0 Å². The summed E-state index contributed by atoms with van der Waals surface area (Å²) in [4.78, 5) is 0. The summed E-state index contributed by atoms with van der Waals surface area (Å²) in [5, 5.41) is 11.8. The molecule has 1 aromatic rings. The second kappa shape index (κ2) is 5.14. The molecule has 5 heteroatoms. The summed E-state index contributed by atoms with van der Waals surface area (Å²) >= 11 is 0. The number of ether oxygens (including phenoxy) is 1. The Morgan fingerprint density at radius 2 is 2.35 bits per heavy atom. The van der Waals surface area contributed by atoms with Gasteiger partial charge in [-0.25, -0.2) is 0 Å². The Kier molecular flexibility index (Phi) is 3.38. The Hall–Kier alpha value is -0.940. The van der Waals surface area contributed by atoms with Crippen molar-refractivity contribution in [1.82, 2.24) is 20.3 Å². The van der Waals surface area contributed by atoms with Crippen LogP contribution in [0.15, 0.2) is 6.20 Å². The fraction of sp³-hybridized carbons (Fsp3) is 0.833. The van der Waals surface area contributed by atoms with Gasteiger partial charge in [0.1, 0.15) is 0 Å². The van der Waals surface area contributed by atoms with Crippen LogP contribution in [0.5, 0.6) is 0 Å². The Bertz CT molecular complexity index is 355. The maximum atomic E-state index is 5.59. The molecule has 2 aliphatic rings. The second-order valence-corrected chi connectivity index (χ2v) is 5.05. The van der Waals surface area contributed by atoms with E-state index in [-0.39, 0.29) is 0 Å². The lowest BCUT2D eigenvalue weighted by atomic mass is 10.2. The Labute approximate surface area is 102 Å². The van der Waals surface area contributed by atoms with Crippen molar-refractivity contribution in [1.29, 1.82) is 0 Å². The number of hydrogen-bond donors (Lipinski definition) is 1. The van der Waals surface area contributed by atoms with Gasteiger partial charge in [0, 0.05) is 31.9 Å². The van der Waals surface area contributed by atoms with Crippen molar-refractivity contribution >= 4 is 0 Å². The van der Waals surface area contributed by atoms with Gasteiger partial charge in [-0.05, 0) is 32.1 Å². The van der Waals surface area contributed by atoms with Crippen molar-refractivity contribution in [3.05, 3.63) is 11.9 Å². The van der Waals surface area contributed by atoms with E-state index in [9.17, 15) is 0 Å². The number of hydrogen-bond acceptors (Lipinski definition) is 4. The van der Waals surface area contributed by atoms with Crippen LogP contribution in [-0.4, -0.2) is 33.7 Å². The van der Waals surface area contributed by atoms with E-state index >= 15 is 0 Å². The zero-order valence-electron chi connectivity index (χ0n) is 10.1. The van der Waals surface area contributed by atoms with Crippen molar-refractivity contribution in [3.8, 4) is 0 Å². The molecule has 0 bridgehead atoms. The summed E-state index contributed by atoms with van der Waals surface area (Å²) in [6.45, 7) is 2.70. The fourth-order valence-corrected chi connectivity index (χ4v) is 2.21. The molecule has 5 nitrogen and oxygen atoms in total. The SMILES string of the molecule is c1c(CNC2CC2)nnn1CCC1CCCO1. The molecule has 0 amide bonds. The minimum atomic E-state index is 0.437. The zero-order valence-corrected chi connectivity index (χ0v) is 10.1. The lowest BCUT2D eigenvalue weighted by Crippen LogP contribution is -2.15. The summed E-state index contributed by atoms with van der Waals surface area (Å²) in [6, 6.07) is 0.729. The topological polar surface area (TPSA) is 52.0 Å². The Balaban J connectivity index is 1.42. The molecule has 1 unspecified atom stereocenters. The standard InChI is InChI=1S/C12H20N4O/c1-2-12(17-7-1)5-6-16-9-11(14-15-16)8-13-10-3-4-10/h9-10,12-13H,1-8H2. The summed E-state index contributed by atoms with van der Waals surface area (Å²) in [5.74, 6) is 0. The maximum absolute atomic E-state index is 5.59. The average Bonchev–Trinajstić information content (AvgIpc) is 2.86. The summed E-state index contributed by atoms with van der Waals surface area (Å²) in [6.07, 6.45) is 8.57. The van der Waals surface area contributed by atoms with Crippen molar-refractivity contribution in [3.63, 3.8) is 0 Å². The first kappa shape index (κ1) is 11.2. The number of aryl methyl sites for hydroxylation is 1. The number of aromatic nitrogens is 3. The van der Waals surface area contributed by atoms with E-state index in [4.69, 9.17) is 4.74 Å². The van der Waals surface area contributed by atoms with Gasteiger partial charge < -0.3 is 10.1 Å². The molecule has 2 fully saturated rings. The highest BCUT2D eigenvalue weighted by molar-refractivity contribution is 4.94. The van der Waals surface area contributed by atoms with E-state index in [2.05, 4.69) is 15.6 Å². The van der Waals surface area contributed by atoms with Crippen LogP contribution in [0.3, 0.4) is 0 Å². The van der Waals surface area contributed by atoms with E-state index in [0.29, 0.717) is 6.10 Å². The van der Waals surface area contributed by atoms with Crippen molar-refractivity contribution in [2.75, 3.05) is 6.61 Å². The van der Waals surface area contributed by atoms with Gasteiger partial charge in [0.25, 0.3) is 0 Å². The first-order valence-electron chi connectivity index (χ1n) is 6.64. The van der Waals surface area contributed by atoms with Crippen molar-refractivity contribution < 1.29 is 4.74 Å². The van der Waals surface area contributed by atoms with E-state index < -0.39 is 0 Å². The zero-order chi connectivity index (χ0) is 11.5. The van der Waals surface area contributed by atoms with E-state index in [1.54, 1.807) is 0 Å². The largest absolute Gasteiger partial charge is 0.378 e. The summed E-state index contributed by atoms with van der Waals surface area (Å²) < 4.78 is 7.53. The number of rotatable bonds is 6. The average molecular weight is 236 g/mol. The van der Waals surface area contributed by atoms with E-state index in [1.165, 1.54) is 25.7 Å². The highest BCUT2D eigenvalue weighted by atomic mass is 16.5. The Morgan fingerprint density at radius 1 is 1.41 bits per heavy atom. The van der Waals surface area contributed by atoms with Gasteiger partial charge in [-0.1, -0.05) is 5.21 Å². The van der Waals surface area contributed by atoms with Gasteiger partial charge in [0.05, 0.1) is 11.8 Å². The van der Waals surface area contributed by atoms with Gasteiger partial charge in [-0.15, -0.1) is 5.10 Å². The highest BCUT2D eigenvalue weighted by Gasteiger charge is 2.20. The van der Waals surface area contributed by atoms with Gasteiger partial charge in [-0.3, -0.25) is 4.68 Å². The minimum Gasteiger partial charge on any atom is -0.378 e. The van der Waals surface area contributed by atoms with Crippen LogP contribution >= 0.6 is 0 Å². The second-order valence-electron chi connectivity index (χ2n) is 5.05. The monoisotopic (exact) mass is 236 g/mol. The molecule has 94 valence electrons. The number of nitrogens with one attached hydrogen (secondary N) is 1. The lowest BCUT2D eigenvalue weighted by Gasteiger charge is -2.07. The smallest absolute Gasteiger partial charge is 0.0964 e. The molecule has 0 spiro atoms. The predicted octanol–water partition coefficient (Wildman–Crippen LogP) is 1.10. The molecule has 1 aliphatic heterocycles. The summed E-state index contributed by atoms with van der Waals surface area (Å²) in [5.41, 5.74) is 1.05. The maximum Gasteiger partial charge on any atom is 0.0964 e. The quantitative estimate of drug-likeness (QED) is 0.803. The highest BCUT2D eigenvalue weighted by Crippen LogP contribution is 2.19. The molecule has 3 rings (SSSR count). The van der Waals surface area contributed by atoms with Crippen LogP contribution in [0.2, 0.25) is 0 Å². The molecule has 2 heterocycles. The van der Waals surface area contributed by atoms with Crippen LogP contribution in [0, 0.1) is 0 Å². The van der Waals surface area contributed by atoms with Gasteiger partial charge in [0.2, 0.25) is 0 Å². The molecule has 1 N–H and O–H groups in total. The molecule has 1 aliphatic carbocycles. The Morgan fingerprint density at radius 3 is 3.12 bits per heavy atom. The summed E-state index contributed by atoms with van der Waals surface area (Å²) in [7, 11) is 0. The van der Waals surface area contributed by atoms with E-state index in [0.717, 1.165) is 37.9 Å². The molecule has 1 atom stereocenters. The molecular weight excluding hydrogens is 216 g/mol. The van der Waals surface area contributed by atoms with E-state index in [1.807, 2.05) is 10.9 Å². The molecule has 0 aromatic carbocycles. The molecule has 1 saturated heterocycles. The lowest BCUT2D eigenvalue weighted by molar-refractivity contribution is 0.0993. The molecule has 1 saturated carbocycles. The van der Waals surface area contributed by atoms with Crippen LogP contribution in [-0.2, 0) is 17.8 Å². The third-order valence-electron chi connectivity index (χ3n) is 3.44. The molecule has 1 aromatic heterocycles. The normalized spacial score (nSPS) is 24.4. The first-order chi connectivity index (χ1) is 8.40. The van der Waals surface area contributed by atoms with Crippen LogP contribution in [0.1, 0.15) is 37.8 Å². The first-order valence-corrected chi connectivity index (χ1v) is 6.64. The third kappa shape index (κ3) is 3.26. The van der Waals surface area contributed by atoms with Gasteiger partial charge >= 0.3 is 0 Å². The van der Waals surface area contributed by atoms with Crippen LogP contribution < -0.4 is 5.32 Å². The minimum absolute atomic E-state index is 0.437. The molecule has 17 heavy (non-hydrogen) atoms. The van der Waals surface area contributed by atoms with Gasteiger partial charge in [0.15, 0.2) is 0 Å². The number of nitrogens with zero attached hydrogens (tertiary/aromatic N) is 3. The molecule has 0 radical (unpaired) electrons. The van der Waals surface area contributed by atoms with Crippen molar-refractivity contribution in [2.24, 2.45) is 0 Å². The fourth-order valence-electron chi connectivity index (χ4n) is 2.21. The predicted molar refractivity (Wildman–Crippen MR) is 63.5 cm³/mol. The van der Waals surface area contributed by atoms with Crippen molar-refractivity contribution in [2.45, 2.75) is 57.3 Å².